The molecule has 0 amide bonds. The van der Waals surface area contributed by atoms with E-state index in [9.17, 15) is 0 Å². The maximum atomic E-state index is 6.02. The van der Waals surface area contributed by atoms with Crippen molar-refractivity contribution in [3.05, 3.63) is 29.3 Å². The third kappa shape index (κ3) is 2.23. The molecule has 2 unspecified atom stereocenters. The van der Waals surface area contributed by atoms with Gasteiger partial charge in [0, 0.05) is 31.4 Å². The lowest BCUT2D eigenvalue weighted by Gasteiger charge is -2.31. The largest absolute Gasteiger partial charge is 0.374 e. The molecule has 3 rings (SSSR count). The van der Waals surface area contributed by atoms with E-state index in [0.29, 0.717) is 18.0 Å². The van der Waals surface area contributed by atoms with Crippen LogP contribution in [-0.2, 0) is 6.42 Å². The highest BCUT2D eigenvalue weighted by Crippen LogP contribution is 2.40. The van der Waals surface area contributed by atoms with Crippen molar-refractivity contribution >= 4 is 5.69 Å². The van der Waals surface area contributed by atoms with Gasteiger partial charge in [-0.3, -0.25) is 4.90 Å². The smallest absolute Gasteiger partial charge is 0.0397 e. The molecule has 0 aromatic heterocycles. The standard InChI is InChI=1S/C17H27N3/c1-12(2)20-9-7-15(11-18)17(20)14-4-5-16-13(10-14)6-8-19(16)3/h4-5,10,12,15,17H,6-9,11,18H2,1-3H3. The Morgan fingerprint density at radius 3 is 2.80 bits per heavy atom. The molecule has 1 saturated heterocycles. The van der Waals surface area contributed by atoms with Crippen LogP contribution in [0.2, 0.25) is 0 Å². The predicted molar refractivity (Wildman–Crippen MR) is 85.2 cm³/mol. The van der Waals surface area contributed by atoms with Crippen LogP contribution in [0.4, 0.5) is 5.69 Å². The minimum Gasteiger partial charge on any atom is -0.374 e. The number of hydrogen-bond acceptors (Lipinski definition) is 3. The van der Waals surface area contributed by atoms with Gasteiger partial charge in [-0.15, -0.1) is 0 Å². The van der Waals surface area contributed by atoms with E-state index < -0.39 is 0 Å². The second-order valence-corrected chi connectivity index (χ2v) is 6.62. The van der Waals surface area contributed by atoms with Crippen LogP contribution in [0.3, 0.4) is 0 Å². The summed E-state index contributed by atoms with van der Waals surface area (Å²) in [6.45, 7) is 7.73. The maximum absolute atomic E-state index is 6.02. The summed E-state index contributed by atoms with van der Waals surface area (Å²) in [7, 11) is 2.18. The Kier molecular flexibility index (Phi) is 3.74. The molecule has 2 aliphatic rings. The number of rotatable bonds is 3. The minimum absolute atomic E-state index is 0.510. The molecule has 0 spiro atoms. The summed E-state index contributed by atoms with van der Waals surface area (Å²) in [4.78, 5) is 4.98. The van der Waals surface area contributed by atoms with Gasteiger partial charge >= 0.3 is 0 Å². The number of benzene rings is 1. The summed E-state index contributed by atoms with van der Waals surface area (Å²) in [5.74, 6) is 0.606. The van der Waals surface area contributed by atoms with Crippen LogP contribution < -0.4 is 10.6 Å². The van der Waals surface area contributed by atoms with E-state index in [0.717, 1.165) is 13.1 Å². The average molecular weight is 273 g/mol. The predicted octanol–water partition coefficient (Wildman–Crippen LogP) is 2.41. The first-order chi connectivity index (χ1) is 9.61. The van der Waals surface area contributed by atoms with Crippen LogP contribution in [0.25, 0.3) is 0 Å². The lowest BCUT2D eigenvalue weighted by Crippen LogP contribution is -2.33. The second kappa shape index (κ2) is 5.38. The molecule has 3 nitrogen and oxygen atoms in total. The van der Waals surface area contributed by atoms with E-state index in [1.807, 2.05) is 0 Å². The molecule has 1 fully saturated rings. The lowest BCUT2D eigenvalue weighted by atomic mass is 9.92. The molecule has 0 saturated carbocycles. The fourth-order valence-corrected chi connectivity index (χ4v) is 3.94. The second-order valence-electron chi connectivity index (χ2n) is 6.62. The van der Waals surface area contributed by atoms with Crippen molar-refractivity contribution in [1.29, 1.82) is 0 Å². The van der Waals surface area contributed by atoms with Crippen LogP contribution in [0.1, 0.15) is 37.4 Å². The van der Waals surface area contributed by atoms with Crippen LogP contribution in [0.5, 0.6) is 0 Å². The third-order valence-corrected chi connectivity index (χ3v) is 5.10. The highest BCUT2D eigenvalue weighted by atomic mass is 15.2. The zero-order chi connectivity index (χ0) is 14.3. The van der Waals surface area contributed by atoms with Gasteiger partial charge in [0.2, 0.25) is 0 Å². The Hall–Kier alpha value is -1.06. The Morgan fingerprint density at radius 2 is 2.10 bits per heavy atom. The molecule has 2 atom stereocenters. The molecule has 1 aromatic carbocycles. The van der Waals surface area contributed by atoms with Gasteiger partial charge in [0.25, 0.3) is 0 Å². The number of hydrogen-bond donors (Lipinski definition) is 1. The molecule has 0 aliphatic carbocycles. The first-order valence-electron chi connectivity index (χ1n) is 7.91. The molecule has 0 bridgehead atoms. The van der Waals surface area contributed by atoms with Crippen LogP contribution in [-0.4, -0.2) is 37.6 Å². The Bertz CT molecular complexity index is 483. The summed E-state index contributed by atoms with van der Waals surface area (Å²) in [5.41, 5.74) is 10.4. The first kappa shape index (κ1) is 13.9. The van der Waals surface area contributed by atoms with Crippen LogP contribution in [0.15, 0.2) is 18.2 Å². The summed E-state index contributed by atoms with van der Waals surface area (Å²) < 4.78 is 0. The summed E-state index contributed by atoms with van der Waals surface area (Å²) in [6.07, 6.45) is 2.41. The number of nitrogens with zero attached hydrogens (tertiary/aromatic N) is 2. The summed E-state index contributed by atoms with van der Waals surface area (Å²) in [6, 6.07) is 8.17. The molecule has 2 heterocycles. The molecule has 20 heavy (non-hydrogen) atoms. The zero-order valence-corrected chi connectivity index (χ0v) is 13.0. The SMILES string of the molecule is CC(C)N1CCC(CN)C1c1ccc2c(c1)CCN2C. The molecular formula is C17H27N3. The highest BCUT2D eigenvalue weighted by molar-refractivity contribution is 5.58. The van der Waals surface area contributed by atoms with E-state index in [4.69, 9.17) is 5.73 Å². The van der Waals surface area contributed by atoms with Crippen molar-refractivity contribution in [2.24, 2.45) is 11.7 Å². The monoisotopic (exact) mass is 273 g/mol. The molecule has 110 valence electrons. The van der Waals surface area contributed by atoms with Crippen LogP contribution in [0, 0.1) is 5.92 Å². The van der Waals surface area contributed by atoms with Gasteiger partial charge < -0.3 is 10.6 Å². The van der Waals surface area contributed by atoms with E-state index in [-0.39, 0.29) is 0 Å². The van der Waals surface area contributed by atoms with Crippen molar-refractivity contribution in [1.82, 2.24) is 4.90 Å². The number of likely N-dealkylation sites (tertiary alicyclic amines) is 1. The fourth-order valence-electron chi connectivity index (χ4n) is 3.94. The van der Waals surface area contributed by atoms with Crippen molar-refractivity contribution in [2.45, 2.75) is 38.8 Å². The quantitative estimate of drug-likeness (QED) is 0.918. The Labute approximate surface area is 122 Å². The van der Waals surface area contributed by atoms with Crippen molar-refractivity contribution in [3.8, 4) is 0 Å². The van der Waals surface area contributed by atoms with Crippen molar-refractivity contribution in [2.75, 3.05) is 31.6 Å². The van der Waals surface area contributed by atoms with E-state index in [1.165, 1.54) is 36.2 Å². The number of nitrogens with two attached hydrogens (primary N) is 1. The normalized spacial score (nSPS) is 26.6. The minimum atomic E-state index is 0.510. The lowest BCUT2D eigenvalue weighted by molar-refractivity contribution is 0.184. The van der Waals surface area contributed by atoms with Gasteiger partial charge in [-0.1, -0.05) is 12.1 Å². The zero-order valence-electron chi connectivity index (χ0n) is 13.0. The van der Waals surface area contributed by atoms with E-state index in [1.54, 1.807) is 0 Å². The Morgan fingerprint density at radius 1 is 1.30 bits per heavy atom. The fraction of sp³-hybridized carbons (Fsp3) is 0.647. The molecule has 1 aromatic rings. The van der Waals surface area contributed by atoms with Gasteiger partial charge in [-0.2, -0.15) is 0 Å². The molecule has 2 N–H and O–H groups in total. The van der Waals surface area contributed by atoms with E-state index in [2.05, 4.69) is 48.9 Å². The van der Waals surface area contributed by atoms with E-state index >= 15 is 0 Å². The first-order valence-corrected chi connectivity index (χ1v) is 7.91. The van der Waals surface area contributed by atoms with Crippen molar-refractivity contribution < 1.29 is 0 Å². The van der Waals surface area contributed by atoms with Gasteiger partial charge in [-0.05, 0) is 62.9 Å². The third-order valence-electron chi connectivity index (χ3n) is 5.10. The van der Waals surface area contributed by atoms with Crippen LogP contribution >= 0.6 is 0 Å². The number of anilines is 1. The van der Waals surface area contributed by atoms with Gasteiger partial charge in [-0.25, -0.2) is 0 Å². The topological polar surface area (TPSA) is 32.5 Å². The van der Waals surface area contributed by atoms with Crippen molar-refractivity contribution in [3.63, 3.8) is 0 Å². The highest BCUT2D eigenvalue weighted by Gasteiger charge is 2.36. The van der Waals surface area contributed by atoms with Gasteiger partial charge in [0.1, 0.15) is 0 Å². The summed E-state index contributed by atoms with van der Waals surface area (Å²) >= 11 is 0. The number of likely N-dealkylation sites (N-methyl/N-ethyl adjacent to an activating group) is 1. The average Bonchev–Trinajstić information content (AvgIpc) is 3.02. The van der Waals surface area contributed by atoms with Gasteiger partial charge in [0.15, 0.2) is 0 Å². The molecule has 3 heteroatoms. The molecular weight excluding hydrogens is 246 g/mol. The Balaban J connectivity index is 1.94. The number of fused-ring (bicyclic) bond motifs is 1. The maximum Gasteiger partial charge on any atom is 0.0397 e. The van der Waals surface area contributed by atoms with Gasteiger partial charge in [0.05, 0.1) is 0 Å². The summed E-state index contributed by atoms with van der Waals surface area (Å²) in [5, 5.41) is 0. The molecule has 0 radical (unpaired) electrons. The molecule has 2 aliphatic heterocycles.